The van der Waals surface area contributed by atoms with Gasteiger partial charge in [-0.2, -0.15) is 5.10 Å². The molecular formula is C10H7BrClN3S. The predicted molar refractivity (Wildman–Crippen MR) is 73.0 cm³/mol. The Hall–Kier alpha value is -0.910. The zero-order valence-corrected chi connectivity index (χ0v) is 11.2. The number of nitrogens with zero attached hydrogens (tertiary/aromatic N) is 2. The van der Waals surface area contributed by atoms with E-state index in [0.717, 1.165) is 10.2 Å². The van der Waals surface area contributed by atoms with Crippen LogP contribution < -0.4 is 5.32 Å². The maximum atomic E-state index is 5.78. The molecule has 0 bridgehead atoms. The predicted octanol–water partition coefficient (Wildman–Crippen LogP) is 3.54. The summed E-state index contributed by atoms with van der Waals surface area (Å²) in [7, 11) is 0. The summed E-state index contributed by atoms with van der Waals surface area (Å²) in [6.45, 7) is 0. The highest BCUT2D eigenvalue weighted by molar-refractivity contribution is 9.10. The van der Waals surface area contributed by atoms with E-state index in [2.05, 4.69) is 26.3 Å². The first-order chi connectivity index (χ1) is 7.65. The van der Waals surface area contributed by atoms with Crippen LogP contribution in [0.1, 0.15) is 0 Å². The van der Waals surface area contributed by atoms with Crippen LogP contribution in [0.3, 0.4) is 0 Å². The van der Waals surface area contributed by atoms with E-state index in [1.165, 1.54) is 0 Å². The van der Waals surface area contributed by atoms with Crippen LogP contribution in [0.2, 0.25) is 5.02 Å². The van der Waals surface area contributed by atoms with Gasteiger partial charge in [-0.05, 0) is 52.4 Å². The lowest BCUT2D eigenvalue weighted by atomic mass is 10.3. The SMILES string of the molecule is S=C(Nc1ccc(Cl)cc1)n1cc(Br)cn1. The Morgan fingerprint density at radius 2 is 2.06 bits per heavy atom. The average Bonchev–Trinajstić information content (AvgIpc) is 2.68. The van der Waals surface area contributed by atoms with Crippen molar-refractivity contribution >= 4 is 50.5 Å². The van der Waals surface area contributed by atoms with Gasteiger partial charge < -0.3 is 5.32 Å². The minimum Gasteiger partial charge on any atom is -0.331 e. The second-order valence-electron chi connectivity index (χ2n) is 3.04. The first-order valence-corrected chi connectivity index (χ1v) is 6.00. The number of aromatic nitrogens is 2. The van der Waals surface area contributed by atoms with Crippen molar-refractivity contribution in [2.75, 3.05) is 5.32 Å². The Labute approximate surface area is 112 Å². The maximum absolute atomic E-state index is 5.78. The molecule has 0 fully saturated rings. The summed E-state index contributed by atoms with van der Waals surface area (Å²) in [5, 5.41) is 8.32. The van der Waals surface area contributed by atoms with Crippen molar-refractivity contribution in [2.45, 2.75) is 0 Å². The van der Waals surface area contributed by atoms with Crippen LogP contribution in [0, 0.1) is 0 Å². The van der Waals surface area contributed by atoms with Crippen LogP contribution in [0.4, 0.5) is 5.69 Å². The van der Waals surface area contributed by atoms with Gasteiger partial charge in [0.1, 0.15) is 0 Å². The van der Waals surface area contributed by atoms with Crippen molar-refractivity contribution in [2.24, 2.45) is 0 Å². The highest BCUT2D eigenvalue weighted by Gasteiger charge is 2.02. The lowest BCUT2D eigenvalue weighted by Crippen LogP contribution is -2.19. The normalized spacial score (nSPS) is 10.1. The Bertz CT molecular complexity index is 509. The summed E-state index contributed by atoms with van der Waals surface area (Å²) in [5.41, 5.74) is 0.876. The minimum atomic E-state index is 0.507. The fraction of sp³-hybridized carbons (Fsp3) is 0. The zero-order valence-electron chi connectivity index (χ0n) is 8.02. The van der Waals surface area contributed by atoms with Crippen LogP contribution in [0.5, 0.6) is 0 Å². The van der Waals surface area contributed by atoms with Gasteiger partial charge in [0.05, 0.1) is 10.7 Å². The molecule has 0 saturated heterocycles. The average molecular weight is 317 g/mol. The van der Waals surface area contributed by atoms with E-state index in [1.54, 1.807) is 29.2 Å². The molecule has 2 aromatic rings. The summed E-state index contributed by atoms with van der Waals surface area (Å²) < 4.78 is 2.46. The van der Waals surface area contributed by atoms with E-state index in [4.69, 9.17) is 23.8 Å². The van der Waals surface area contributed by atoms with E-state index < -0.39 is 0 Å². The van der Waals surface area contributed by atoms with Gasteiger partial charge >= 0.3 is 0 Å². The van der Waals surface area contributed by atoms with Gasteiger partial charge in [-0.15, -0.1) is 0 Å². The highest BCUT2D eigenvalue weighted by atomic mass is 79.9. The van der Waals surface area contributed by atoms with Gasteiger partial charge in [0.25, 0.3) is 0 Å². The van der Waals surface area contributed by atoms with Crippen LogP contribution in [-0.2, 0) is 0 Å². The third kappa shape index (κ3) is 2.81. The summed E-state index contributed by atoms with van der Waals surface area (Å²) in [6, 6.07) is 7.30. The highest BCUT2D eigenvalue weighted by Crippen LogP contribution is 2.14. The van der Waals surface area contributed by atoms with Gasteiger partial charge in [0.2, 0.25) is 0 Å². The minimum absolute atomic E-state index is 0.507. The van der Waals surface area contributed by atoms with Crippen molar-refractivity contribution in [3.63, 3.8) is 0 Å². The molecule has 0 aliphatic carbocycles. The molecule has 6 heteroatoms. The van der Waals surface area contributed by atoms with Crippen LogP contribution >= 0.6 is 39.7 Å². The molecule has 0 unspecified atom stereocenters. The molecule has 16 heavy (non-hydrogen) atoms. The molecule has 1 N–H and O–H groups in total. The molecule has 0 aliphatic rings. The van der Waals surface area contributed by atoms with Crippen LogP contribution in [0.25, 0.3) is 0 Å². The van der Waals surface area contributed by atoms with Gasteiger partial charge in [-0.25, -0.2) is 4.68 Å². The fourth-order valence-corrected chi connectivity index (χ4v) is 1.76. The lowest BCUT2D eigenvalue weighted by molar-refractivity contribution is 0.947. The number of thiocarbonyl (C=S) groups is 1. The molecule has 82 valence electrons. The zero-order chi connectivity index (χ0) is 11.5. The molecule has 0 saturated carbocycles. The maximum Gasteiger partial charge on any atom is 0.198 e. The molecule has 1 aromatic carbocycles. The topological polar surface area (TPSA) is 29.9 Å². The van der Waals surface area contributed by atoms with Crippen LogP contribution in [-0.4, -0.2) is 14.9 Å². The molecule has 3 nitrogen and oxygen atoms in total. The largest absolute Gasteiger partial charge is 0.331 e. The van der Waals surface area contributed by atoms with Crippen molar-refractivity contribution in [3.8, 4) is 0 Å². The first-order valence-electron chi connectivity index (χ1n) is 4.42. The standard InChI is InChI=1S/C10H7BrClN3S/c11-7-5-13-15(6-7)10(16)14-9-3-1-8(12)2-4-9/h1-6H,(H,14,16). The van der Waals surface area contributed by atoms with E-state index >= 15 is 0 Å². The number of nitrogens with one attached hydrogen (secondary N) is 1. The Kier molecular flexibility index (Phi) is 3.58. The third-order valence-corrected chi connectivity index (χ3v) is 2.81. The van der Waals surface area contributed by atoms with E-state index in [-0.39, 0.29) is 0 Å². The van der Waals surface area contributed by atoms with E-state index in [1.807, 2.05) is 12.1 Å². The summed E-state index contributed by atoms with van der Waals surface area (Å²) in [6.07, 6.45) is 3.46. The number of halogens is 2. The Morgan fingerprint density at radius 1 is 1.38 bits per heavy atom. The molecule has 1 aromatic heterocycles. The Morgan fingerprint density at radius 3 is 2.62 bits per heavy atom. The van der Waals surface area contributed by atoms with Gasteiger partial charge in [0, 0.05) is 16.9 Å². The van der Waals surface area contributed by atoms with Crippen molar-refractivity contribution in [1.29, 1.82) is 0 Å². The molecular weight excluding hydrogens is 310 g/mol. The van der Waals surface area contributed by atoms with Crippen molar-refractivity contribution in [3.05, 3.63) is 46.2 Å². The van der Waals surface area contributed by atoms with E-state index in [0.29, 0.717) is 10.1 Å². The number of hydrogen-bond acceptors (Lipinski definition) is 2. The first kappa shape index (κ1) is 11.6. The number of benzene rings is 1. The second-order valence-corrected chi connectivity index (χ2v) is 4.78. The molecule has 2 rings (SSSR count). The van der Waals surface area contributed by atoms with Gasteiger partial charge in [0.15, 0.2) is 5.11 Å². The smallest absolute Gasteiger partial charge is 0.198 e. The number of anilines is 1. The van der Waals surface area contributed by atoms with Crippen molar-refractivity contribution in [1.82, 2.24) is 9.78 Å². The lowest BCUT2D eigenvalue weighted by Gasteiger charge is -2.07. The second kappa shape index (κ2) is 4.95. The van der Waals surface area contributed by atoms with Gasteiger partial charge in [-0.1, -0.05) is 11.6 Å². The summed E-state index contributed by atoms with van der Waals surface area (Å²) in [4.78, 5) is 0. The van der Waals surface area contributed by atoms with E-state index in [9.17, 15) is 0 Å². The fourth-order valence-electron chi connectivity index (χ4n) is 1.13. The summed E-state index contributed by atoms with van der Waals surface area (Å²) in [5.74, 6) is 0. The number of hydrogen-bond donors (Lipinski definition) is 1. The Balaban J connectivity index is 2.10. The monoisotopic (exact) mass is 315 g/mol. The molecule has 0 amide bonds. The molecule has 0 spiro atoms. The quantitative estimate of drug-likeness (QED) is 0.816. The molecule has 0 radical (unpaired) electrons. The van der Waals surface area contributed by atoms with Crippen molar-refractivity contribution < 1.29 is 0 Å². The van der Waals surface area contributed by atoms with Gasteiger partial charge in [-0.3, -0.25) is 0 Å². The molecule has 0 atom stereocenters. The molecule has 1 heterocycles. The summed E-state index contributed by atoms with van der Waals surface area (Å²) >= 11 is 14.3. The molecule has 0 aliphatic heterocycles. The third-order valence-electron chi connectivity index (χ3n) is 1.85. The number of rotatable bonds is 1. The van der Waals surface area contributed by atoms with Crippen LogP contribution in [0.15, 0.2) is 41.1 Å².